The van der Waals surface area contributed by atoms with E-state index < -0.39 is 0 Å². The van der Waals surface area contributed by atoms with Crippen LogP contribution in [0.5, 0.6) is 0 Å². The minimum atomic E-state index is -0.267. The first-order chi connectivity index (χ1) is 8.58. The van der Waals surface area contributed by atoms with Gasteiger partial charge in [0.25, 0.3) is 0 Å². The Balaban J connectivity index is 1.94. The molecular formula is C13H26N2O3. The lowest BCUT2D eigenvalue weighted by Crippen LogP contribution is -2.37. The van der Waals surface area contributed by atoms with Crippen molar-refractivity contribution >= 4 is 5.91 Å². The average Bonchev–Trinajstić information content (AvgIpc) is 2.68. The van der Waals surface area contributed by atoms with Crippen molar-refractivity contribution in [3.63, 3.8) is 0 Å². The van der Waals surface area contributed by atoms with Crippen molar-refractivity contribution in [2.24, 2.45) is 5.92 Å². The summed E-state index contributed by atoms with van der Waals surface area (Å²) in [6.45, 7) is 8.01. The molecule has 0 spiro atoms. The van der Waals surface area contributed by atoms with Gasteiger partial charge in [0.15, 0.2) is 0 Å². The predicted octanol–water partition coefficient (Wildman–Crippen LogP) is 0.232. The summed E-state index contributed by atoms with van der Waals surface area (Å²) in [5.74, 6) is 0.665. The molecule has 1 aliphatic heterocycles. The smallest absolute Gasteiger partial charge is 0.234 e. The second kappa shape index (κ2) is 8.45. The van der Waals surface area contributed by atoms with E-state index in [1.54, 1.807) is 0 Å². The molecule has 2 N–H and O–H groups in total. The number of β-amino-alcohol motifs (C(OH)–C–C–N with tert-alkyl or cyclic N) is 1. The third-order valence-corrected chi connectivity index (χ3v) is 3.02. The van der Waals surface area contributed by atoms with E-state index >= 15 is 0 Å². The number of carbonyl (C=O) groups excluding carboxylic acids is 1. The fourth-order valence-corrected chi connectivity index (χ4v) is 1.90. The van der Waals surface area contributed by atoms with Gasteiger partial charge in [0, 0.05) is 26.2 Å². The van der Waals surface area contributed by atoms with Crippen LogP contribution < -0.4 is 5.32 Å². The SMILES string of the molecule is CC(C)CCOCCNC(=O)CN1CC[C@H](O)C1. The number of rotatable bonds is 8. The van der Waals surface area contributed by atoms with E-state index in [2.05, 4.69) is 19.2 Å². The van der Waals surface area contributed by atoms with E-state index in [4.69, 9.17) is 4.74 Å². The Morgan fingerprint density at radius 1 is 1.50 bits per heavy atom. The van der Waals surface area contributed by atoms with Crippen LogP contribution in [-0.4, -0.2) is 61.4 Å². The predicted molar refractivity (Wildman–Crippen MR) is 70.3 cm³/mol. The van der Waals surface area contributed by atoms with Gasteiger partial charge >= 0.3 is 0 Å². The van der Waals surface area contributed by atoms with Crippen molar-refractivity contribution in [3.8, 4) is 0 Å². The van der Waals surface area contributed by atoms with Crippen LogP contribution in [0.1, 0.15) is 26.7 Å². The molecule has 0 saturated carbocycles. The first-order valence-electron chi connectivity index (χ1n) is 6.82. The van der Waals surface area contributed by atoms with Crippen LogP contribution >= 0.6 is 0 Å². The summed E-state index contributed by atoms with van der Waals surface area (Å²) in [4.78, 5) is 13.5. The Morgan fingerprint density at radius 3 is 2.89 bits per heavy atom. The van der Waals surface area contributed by atoms with Gasteiger partial charge in [0.05, 0.1) is 19.3 Å². The molecule has 0 aromatic heterocycles. The zero-order valence-electron chi connectivity index (χ0n) is 11.5. The third kappa shape index (κ3) is 6.93. The van der Waals surface area contributed by atoms with Crippen LogP contribution in [0.25, 0.3) is 0 Å². The normalized spacial score (nSPS) is 20.6. The summed E-state index contributed by atoms with van der Waals surface area (Å²) in [5.41, 5.74) is 0. The number of hydrogen-bond donors (Lipinski definition) is 2. The number of nitrogens with zero attached hydrogens (tertiary/aromatic N) is 1. The lowest BCUT2D eigenvalue weighted by Gasteiger charge is -2.14. The largest absolute Gasteiger partial charge is 0.392 e. The van der Waals surface area contributed by atoms with Gasteiger partial charge in [0.2, 0.25) is 5.91 Å². The van der Waals surface area contributed by atoms with E-state index in [1.807, 2.05) is 4.90 Å². The Hall–Kier alpha value is -0.650. The first kappa shape index (κ1) is 15.4. The van der Waals surface area contributed by atoms with Crippen molar-refractivity contribution in [1.29, 1.82) is 0 Å². The molecule has 1 rings (SSSR count). The number of aliphatic hydroxyl groups is 1. The molecule has 0 radical (unpaired) electrons. The molecule has 1 fully saturated rings. The number of carbonyl (C=O) groups is 1. The quantitative estimate of drug-likeness (QED) is 0.612. The minimum absolute atomic E-state index is 0.0107. The molecule has 5 nitrogen and oxygen atoms in total. The highest BCUT2D eigenvalue weighted by Crippen LogP contribution is 2.07. The molecule has 1 amide bonds. The van der Waals surface area contributed by atoms with E-state index in [1.165, 1.54) is 0 Å². The summed E-state index contributed by atoms with van der Waals surface area (Å²) in [5, 5.41) is 12.2. The molecule has 0 aromatic carbocycles. The molecule has 18 heavy (non-hydrogen) atoms. The third-order valence-electron chi connectivity index (χ3n) is 3.02. The van der Waals surface area contributed by atoms with Crippen LogP contribution in [-0.2, 0) is 9.53 Å². The molecule has 0 unspecified atom stereocenters. The van der Waals surface area contributed by atoms with Gasteiger partial charge in [-0.2, -0.15) is 0 Å². The van der Waals surface area contributed by atoms with Gasteiger partial charge in [-0.05, 0) is 18.8 Å². The van der Waals surface area contributed by atoms with Gasteiger partial charge in [-0.1, -0.05) is 13.8 Å². The molecule has 0 aromatic rings. The fraction of sp³-hybridized carbons (Fsp3) is 0.923. The minimum Gasteiger partial charge on any atom is -0.392 e. The van der Waals surface area contributed by atoms with Gasteiger partial charge < -0.3 is 15.2 Å². The monoisotopic (exact) mass is 258 g/mol. The highest BCUT2D eigenvalue weighted by atomic mass is 16.5. The van der Waals surface area contributed by atoms with E-state index in [0.717, 1.165) is 26.0 Å². The van der Waals surface area contributed by atoms with Crippen LogP contribution in [0.2, 0.25) is 0 Å². The van der Waals surface area contributed by atoms with E-state index in [0.29, 0.717) is 32.2 Å². The van der Waals surface area contributed by atoms with Crippen molar-refractivity contribution in [2.75, 3.05) is 39.4 Å². The number of nitrogens with one attached hydrogen (secondary N) is 1. The molecule has 0 bridgehead atoms. The summed E-state index contributed by atoms with van der Waals surface area (Å²) >= 11 is 0. The number of aliphatic hydroxyl groups excluding tert-OH is 1. The average molecular weight is 258 g/mol. The fourth-order valence-electron chi connectivity index (χ4n) is 1.90. The van der Waals surface area contributed by atoms with E-state index in [9.17, 15) is 9.90 Å². The molecule has 1 aliphatic rings. The standard InChI is InChI=1S/C13H26N2O3/c1-11(2)4-7-18-8-5-14-13(17)10-15-6-3-12(16)9-15/h11-12,16H,3-10H2,1-2H3,(H,14,17)/t12-/m0/s1. The second-order valence-electron chi connectivity index (χ2n) is 5.32. The van der Waals surface area contributed by atoms with Gasteiger partial charge in [-0.25, -0.2) is 0 Å². The molecule has 0 aliphatic carbocycles. The lowest BCUT2D eigenvalue weighted by atomic mass is 10.1. The molecule has 106 valence electrons. The van der Waals surface area contributed by atoms with Crippen molar-refractivity contribution in [2.45, 2.75) is 32.8 Å². The zero-order chi connectivity index (χ0) is 13.4. The highest BCUT2D eigenvalue weighted by Gasteiger charge is 2.21. The van der Waals surface area contributed by atoms with Gasteiger partial charge in [-0.3, -0.25) is 9.69 Å². The maximum absolute atomic E-state index is 11.6. The Morgan fingerprint density at radius 2 is 2.28 bits per heavy atom. The Kier molecular flexibility index (Phi) is 7.23. The van der Waals surface area contributed by atoms with Gasteiger partial charge in [0.1, 0.15) is 0 Å². The second-order valence-corrected chi connectivity index (χ2v) is 5.32. The Bertz CT molecular complexity index is 246. The molecule has 1 heterocycles. The van der Waals surface area contributed by atoms with E-state index in [-0.39, 0.29) is 12.0 Å². The number of hydrogen-bond acceptors (Lipinski definition) is 4. The van der Waals surface area contributed by atoms with Crippen molar-refractivity contribution < 1.29 is 14.6 Å². The molecule has 1 atom stereocenters. The first-order valence-corrected chi connectivity index (χ1v) is 6.82. The van der Waals surface area contributed by atoms with Crippen LogP contribution in [0.3, 0.4) is 0 Å². The van der Waals surface area contributed by atoms with Gasteiger partial charge in [-0.15, -0.1) is 0 Å². The molecule has 5 heteroatoms. The summed E-state index contributed by atoms with van der Waals surface area (Å²) in [7, 11) is 0. The zero-order valence-corrected chi connectivity index (χ0v) is 11.5. The number of likely N-dealkylation sites (tertiary alicyclic amines) is 1. The van der Waals surface area contributed by atoms with Crippen LogP contribution in [0, 0.1) is 5.92 Å². The molecule has 1 saturated heterocycles. The van der Waals surface area contributed by atoms with Crippen LogP contribution in [0.15, 0.2) is 0 Å². The summed E-state index contributed by atoms with van der Waals surface area (Å²) in [6.07, 6.45) is 1.56. The lowest BCUT2D eigenvalue weighted by molar-refractivity contribution is -0.122. The maximum Gasteiger partial charge on any atom is 0.234 e. The summed E-state index contributed by atoms with van der Waals surface area (Å²) < 4.78 is 5.41. The van der Waals surface area contributed by atoms with Crippen molar-refractivity contribution in [1.82, 2.24) is 10.2 Å². The maximum atomic E-state index is 11.6. The number of ether oxygens (including phenoxy) is 1. The summed E-state index contributed by atoms with van der Waals surface area (Å²) in [6, 6.07) is 0. The Labute approximate surface area is 109 Å². The topological polar surface area (TPSA) is 61.8 Å². The highest BCUT2D eigenvalue weighted by molar-refractivity contribution is 5.78. The van der Waals surface area contributed by atoms with Crippen LogP contribution in [0.4, 0.5) is 0 Å². The molecular weight excluding hydrogens is 232 g/mol. The van der Waals surface area contributed by atoms with Crippen molar-refractivity contribution in [3.05, 3.63) is 0 Å². The number of amides is 1.